The van der Waals surface area contributed by atoms with E-state index in [2.05, 4.69) is 46.5 Å². The molecule has 0 amide bonds. The summed E-state index contributed by atoms with van der Waals surface area (Å²) >= 11 is 1.65. The monoisotopic (exact) mass is 245 g/mol. The summed E-state index contributed by atoms with van der Waals surface area (Å²) in [7, 11) is 1.86. The lowest BCUT2D eigenvalue weighted by Gasteiger charge is -2.05. The Hall–Kier alpha value is -1.55. The third kappa shape index (κ3) is 3.20. The molecule has 0 atom stereocenters. The number of nitrogens with one attached hydrogen (secondary N) is 1. The summed E-state index contributed by atoms with van der Waals surface area (Å²) in [5.41, 5.74) is 1.27. The Morgan fingerprint density at radius 1 is 1.06 bits per heavy atom. The number of aromatic nitrogens is 2. The molecule has 1 N–H and O–H groups in total. The van der Waals surface area contributed by atoms with Crippen LogP contribution in [0.4, 0.5) is 5.82 Å². The molecule has 3 nitrogen and oxygen atoms in total. The van der Waals surface area contributed by atoms with E-state index in [1.165, 1.54) is 10.5 Å². The molecule has 4 heteroatoms. The highest BCUT2D eigenvalue weighted by molar-refractivity contribution is 7.99. The molecule has 88 valence electrons. The SMILES string of the molecule is CNc1cc(Sc2ccc(C)cc2)nc(C)n1. The number of rotatable bonds is 3. The molecule has 0 aliphatic rings. The first-order chi connectivity index (χ1) is 8.17. The lowest BCUT2D eigenvalue weighted by molar-refractivity contribution is 0.969. The van der Waals surface area contributed by atoms with Crippen molar-refractivity contribution in [2.75, 3.05) is 12.4 Å². The minimum atomic E-state index is 0.784. The maximum Gasteiger partial charge on any atom is 0.130 e. The quantitative estimate of drug-likeness (QED) is 0.842. The van der Waals surface area contributed by atoms with E-state index in [0.29, 0.717) is 0 Å². The maximum atomic E-state index is 4.41. The molecule has 0 fully saturated rings. The molecule has 2 aromatic rings. The third-order valence-electron chi connectivity index (χ3n) is 2.31. The second-order valence-electron chi connectivity index (χ2n) is 3.80. The predicted molar refractivity (Wildman–Crippen MR) is 71.6 cm³/mol. The van der Waals surface area contributed by atoms with E-state index in [9.17, 15) is 0 Å². The highest BCUT2D eigenvalue weighted by Crippen LogP contribution is 2.27. The van der Waals surface area contributed by atoms with Gasteiger partial charge in [0.2, 0.25) is 0 Å². The normalized spacial score (nSPS) is 10.3. The van der Waals surface area contributed by atoms with Gasteiger partial charge in [0, 0.05) is 18.0 Å². The summed E-state index contributed by atoms with van der Waals surface area (Å²) < 4.78 is 0. The fourth-order valence-electron chi connectivity index (χ4n) is 1.45. The highest BCUT2D eigenvalue weighted by Gasteiger charge is 2.02. The number of hydrogen-bond donors (Lipinski definition) is 1. The van der Waals surface area contributed by atoms with Crippen LogP contribution >= 0.6 is 11.8 Å². The minimum absolute atomic E-state index is 0.784. The number of hydrogen-bond acceptors (Lipinski definition) is 4. The molecule has 0 saturated heterocycles. The second kappa shape index (κ2) is 5.19. The van der Waals surface area contributed by atoms with Gasteiger partial charge in [-0.1, -0.05) is 29.5 Å². The van der Waals surface area contributed by atoms with Gasteiger partial charge in [-0.2, -0.15) is 0 Å². The molecule has 0 aliphatic heterocycles. The van der Waals surface area contributed by atoms with Crippen molar-refractivity contribution >= 4 is 17.6 Å². The van der Waals surface area contributed by atoms with Crippen molar-refractivity contribution in [1.82, 2.24) is 9.97 Å². The molecule has 1 aromatic carbocycles. The van der Waals surface area contributed by atoms with Crippen LogP contribution in [0, 0.1) is 13.8 Å². The zero-order valence-corrected chi connectivity index (χ0v) is 11.0. The van der Waals surface area contributed by atoms with E-state index in [4.69, 9.17) is 0 Å². The van der Waals surface area contributed by atoms with Crippen LogP contribution in [0.25, 0.3) is 0 Å². The van der Waals surface area contributed by atoms with Crippen LogP contribution in [-0.4, -0.2) is 17.0 Å². The first kappa shape index (κ1) is 11.9. The Morgan fingerprint density at radius 2 is 1.76 bits per heavy atom. The van der Waals surface area contributed by atoms with E-state index in [1.54, 1.807) is 11.8 Å². The van der Waals surface area contributed by atoms with Crippen molar-refractivity contribution in [2.24, 2.45) is 0 Å². The third-order valence-corrected chi connectivity index (χ3v) is 3.24. The van der Waals surface area contributed by atoms with Gasteiger partial charge in [0.15, 0.2) is 0 Å². The molecular formula is C13H15N3S. The fraction of sp³-hybridized carbons (Fsp3) is 0.231. The van der Waals surface area contributed by atoms with Crippen molar-refractivity contribution in [2.45, 2.75) is 23.8 Å². The Bertz CT molecular complexity index is 509. The summed E-state index contributed by atoms with van der Waals surface area (Å²) in [4.78, 5) is 9.87. The predicted octanol–water partition coefficient (Wildman–Crippen LogP) is 3.29. The van der Waals surface area contributed by atoms with Gasteiger partial charge in [-0.25, -0.2) is 9.97 Å². The summed E-state index contributed by atoms with van der Waals surface area (Å²) in [6, 6.07) is 10.4. The van der Waals surface area contributed by atoms with E-state index in [1.807, 2.05) is 20.0 Å². The van der Waals surface area contributed by atoms with Gasteiger partial charge < -0.3 is 5.32 Å². The molecule has 0 saturated carbocycles. The highest BCUT2D eigenvalue weighted by atomic mass is 32.2. The van der Waals surface area contributed by atoms with Gasteiger partial charge in [0.25, 0.3) is 0 Å². The second-order valence-corrected chi connectivity index (χ2v) is 4.90. The van der Waals surface area contributed by atoms with Gasteiger partial charge in [0.1, 0.15) is 16.7 Å². The van der Waals surface area contributed by atoms with Gasteiger partial charge in [-0.05, 0) is 26.0 Å². The first-order valence-corrected chi connectivity index (χ1v) is 6.27. The molecule has 0 unspecified atom stereocenters. The fourth-order valence-corrected chi connectivity index (χ4v) is 2.31. The van der Waals surface area contributed by atoms with Crippen LogP contribution in [0.15, 0.2) is 40.3 Å². The Labute approximate surface area is 106 Å². The van der Waals surface area contributed by atoms with Gasteiger partial charge in [-0.15, -0.1) is 0 Å². The van der Waals surface area contributed by atoms with E-state index < -0.39 is 0 Å². The molecule has 0 spiro atoms. The van der Waals surface area contributed by atoms with Crippen LogP contribution < -0.4 is 5.32 Å². The molecule has 0 bridgehead atoms. The minimum Gasteiger partial charge on any atom is -0.373 e. The molecule has 1 aromatic heterocycles. The van der Waals surface area contributed by atoms with E-state index in [-0.39, 0.29) is 0 Å². The van der Waals surface area contributed by atoms with Crippen LogP contribution in [0.3, 0.4) is 0 Å². The van der Waals surface area contributed by atoms with Crippen molar-refractivity contribution in [3.05, 3.63) is 41.7 Å². The molecular weight excluding hydrogens is 230 g/mol. The maximum absolute atomic E-state index is 4.41. The lowest BCUT2D eigenvalue weighted by Crippen LogP contribution is -1.97. The van der Waals surface area contributed by atoms with Crippen LogP contribution in [-0.2, 0) is 0 Å². The Morgan fingerprint density at radius 3 is 2.41 bits per heavy atom. The zero-order chi connectivity index (χ0) is 12.3. The molecule has 0 aliphatic carbocycles. The number of anilines is 1. The van der Waals surface area contributed by atoms with E-state index >= 15 is 0 Å². The van der Waals surface area contributed by atoms with Crippen molar-refractivity contribution in [3.8, 4) is 0 Å². The smallest absolute Gasteiger partial charge is 0.130 e. The summed E-state index contributed by atoms with van der Waals surface area (Å²) in [6.07, 6.45) is 0. The summed E-state index contributed by atoms with van der Waals surface area (Å²) in [6.45, 7) is 3.99. The van der Waals surface area contributed by atoms with E-state index in [0.717, 1.165) is 16.7 Å². The molecule has 1 heterocycles. The van der Waals surface area contributed by atoms with Crippen LogP contribution in [0.2, 0.25) is 0 Å². The zero-order valence-electron chi connectivity index (χ0n) is 10.2. The molecule has 0 radical (unpaired) electrons. The van der Waals surface area contributed by atoms with Crippen LogP contribution in [0.5, 0.6) is 0 Å². The number of aryl methyl sites for hydroxylation is 2. The molecule has 17 heavy (non-hydrogen) atoms. The average Bonchev–Trinajstić information content (AvgIpc) is 2.31. The Balaban J connectivity index is 2.23. The molecule has 2 rings (SSSR count). The first-order valence-electron chi connectivity index (χ1n) is 5.45. The van der Waals surface area contributed by atoms with Crippen molar-refractivity contribution in [1.29, 1.82) is 0 Å². The van der Waals surface area contributed by atoms with Gasteiger partial charge in [0.05, 0.1) is 0 Å². The summed E-state index contributed by atoms with van der Waals surface area (Å²) in [5, 5.41) is 4.00. The topological polar surface area (TPSA) is 37.8 Å². The number of benzene rings is 1. The summed E-state index contributed by atoms with van der Waals surface area (Å²) in [5.74, 6) is 1.64. The van der Waals surface area contributed by atoms with Crippen LogP contribution in [0.1, 0.15) is 11.4 Å². The van der Waals surface area contributed by atoms with Gasteiger partial charge >= 0.3 is 0 Å². The Kier molecular flexibility index (Phi) is 3.64. The van der Waals surface area contributed by atoms with Gasteiger partial charge in [-0.3, -0.25) is 0 Å². The average molecular weight is 245 g/mol. The number of nitrogens with zero attached hydrogens (tertiary/aromatic N) is 2. The van der Waals surface area contributed by atoms with Crippen molar-refractivity contribution < 1.29 is 0 Å². The van der Waals surface area contributed by atoms with Crippen molar-refractivity contribution in [3.63, 3.8) is 0 Å². The largest absolute Gasteiger partial charge is 0.373 e. The lowest BCUT2D eigenvalue weighted by atomic mass is 10.2. The standard InChI is InChI=1S/C13H15N3S/c1-9-4-6-11(7-5-9)17-13-8-12(14-3)15-10(2)16-13/h4-8H,1-3H3,(H,14,15,16).